The van der Waals surface area contributed by atoms with Crippen molar-refractivity contribution in [1.82, 2.24) is 14.5 Å². The molecule has 2 fully saturated rings. The minimum atomic E-state index is 0.0607. The van der Waals surface area contributed by atoms with Gasteiger partial charge in [0.05, 0.1) is 5.25 Å². The summed E-state index contributed by atoms with van der Waals surface area (Å²) in [6.07, 6.45) is 5.33. The van der Waals surface area contributed by atoms with E-state index in [1.54, 1.807) is 11.8 Å². The highest BCUT2D eigenvalue weighted by Crippen LogP contribution is 2.37. The largest absolute Gasteiger partial charge is 0.339 e. The lowest BCUT2D eigenvalue weighted by Gasteiger charge is -2.19. The van der Waals surface area contributed by atoms with Crippen molar-refractivity contribution in [3.05, 3.63) is 11.9 Å². The molecular formula is C16H25N3OS. The number of carbonyl (C=O) groups is 1. The molecule has 116 valence electrons. The van der Waals surface area contributed by atoms with E-state index in [1.807, 2.05) is 6.20 Å². The Kier molecular flexibility index (Phi) is 4.04. The van der Waals surface area contributed by atoms with Crippen molar-refractivity contribution in [2.45, 2.75) is 75.4 Å². The maximum atomic E-state index is 12.5. The van der Waals surface area contributed by atoms with E-state index in [0.29, 0.717) is 23.9 Å². The van der Waals surface area contributed by atoms with Crippen molar-refractivity contribution in [2.24, 2.45) is 0 Å². The van der Waals surface area contributed by atoms with Crippen LogP contribution in [-0.2, 0) is 4.79 Å². The molecule has 0 bridgehead atoms. The minimum absolute atomic E-state index is 0.0607. The summed E-state index contributed by atoms with van der Waals surface area (Å²) in [6, 6.07) is 0.919. The molecule has 1 aromatic heterocycles. The maximum absolute atomic E-state index is 12.5. The van der Waals surface area contributed by atoms with Gasteiger partial charge in [0.2, 0.25) is 5.91 Å². The van der Waals surface area contributed by atoms with Crippen LogP contribution < -0.4 is 0 Å². The number of thioether (sulfide) groups is 1. The predicted octanol–water partition coefficient (Wildman–Crippen LogP) is 3.44. The zero-order valence-corrected chi connectivity index (χ0v) is 14.2. The van der Waals surface area contributed by atoms with Gasteiger partial charge in [0.1, 0.15) is 0 Å². The second kappa shape index (κ2) is 5.67. The van der Waals surface area contributed by atoms with Crippen LogP contribution in [0.15, 0.2) is 11.4 Å². The molecule has 0 unspecified atom stereocenters. The Bertz CT molecular complexity index is 534. The first-order valence-corrected chi connectivity index (χ1v) is 8.91. The molecule has 4 nitrogen and oxygen atoms in total. The molecule has 0 aromatic carbocycles. The Labute approximate surface area is 131 Å². The highest BCUT2D eigenvalue weighted by Gasteiger charge is 2.41. The van der Waals surface area contributed by atoms with E-state index < -0.39 is 0 Å². The number of aromatic nitrogens is 2. The molecule has 1 saturated heterocycles. The Morgan fingerprint density at radius 2 is 1.95 bits per heavy atom. The summed E-state index contributed by atoms with van der Waals surface area (Å²) < 4.78 is 2.29. The lowest BCUT2D eigenvalue weighted by atomic mass is 10.1. The fraction of sp³-hybridized carbons (Fsp3) is 0.750. The zero-order chi connectivity index (χ0) is 15.1. The molecule has 1 saturated carbocycles. The lowest BCUT2D eigenvalue weighted by molar-refractivity contribution is -0.127. The van der Waals surface area contributed by atoms with Crippen molar-refractivity contribution < 1.29 is 4.79 Å². The molecule has 5 heteroatoms. The number of nitrogens with zero attached hydrogens (tertiary/aromatic N) is 3. The van der Waals surface area contributed by atoms with Gasteiger partial charge in [0.15, 0.2) is 5.16 Å². The summed E-state index contributed by atoms with van der Waals surface area (Å²) in [6.45, 7) is 9.69. The summed E-state index contributed by atoms with van der Waals surface area (Å²) in [5.41, 5.74) is 1.26. The molecule has 0 radical (unpaired) electrons. The number of rotatable bonds is 5. The van der Waals surface area contributed by atoms with Crippen molar-refractivity contribution in [1.29, 1.82) is 0 Å². The number of hydrogen-bond acceptors (Lipinski definition) is 3. The molecule has 21 heavy (non-hydrogen) atoms. The average Bonchev–Trinajstić information content (AvgIpc) is 3.06. The quantitative estimate of drug-likeness (QED) is 0.836. The first-order chi connectivity index (χ1) is 9.99. The summed E-state index contributed by atoms with van der Waals surface area (Å²) >= 11 is 1.66. The van der Waals surface area contributed by atoms with Gasteiger partial charge in [-0.25, -0.2) is 4.98 Å². The van der Waals surface area contributed by atoms with E-state index in [1.165, 1.54) is 18.5 Å². The van der Waals surface area contributed by atoms with Gasteiger partial charge in [-0.3, -0.25) is 4.79 Å². The predicted molar refractivity (Wildman–Crippen MR) is 85.7 cm³/mol. The van der Waals surface area contributed by atoms with Gasteiger partial charge < -0.3 is 9.47 Å². The van der Waals surface area contributed by atoms with Crippen LogP contribution in [0, 0.1) is 0 Å². The van der Waals surface area contributed by atoms with Crippen LogP contribution in [0.5, 0.6) is 0 Å². The van der Waals surface area contributed by atoms with Gasteiger partial charge in [-0.1, -0.05) is 25.6 Å². The van der Waals surface area contributed by atoms with Gasteiger partial charge in [-0.05, 0) is 39.0 Å². The van der Waals surface area contributed by atoms with E-state index in [2.05, 4.69) is 42.1 Å². The van der Waals surface area contributed by atoms with Crippen molar-refractivity contribution in [3.63, 3.8) is 0 Å². The first kappa shape index (κ1) is 14.9. The van der Waals surface area contributed by atoms with Crippen LogP contribution in [0.1, 0.15) is 64.6 Å². The first-order valence-electron chi connectivity index (χ1n) is 8.03. The molecule has 1 aromatic rings. The second-order valence-electron chi connectivity index (χ2n) is 6.74. The molecule has 1 atom stereocenters. The molecule has 2 aliphatic rings. The summed E-state index contributed by atoms with van der Waals surface area (Å²) in [5, 5.41) is 1.07. The van der Waals surface area contributed by atoms with Crippen molar-refractivity contribution in [3.8, 4) is 0 Å². The third-order valence-electron chi connectivity index (χ3n) is 4.33. The number of likely N-dealkylation sites (tertiary alicyclic amines) is 1. The number of amides is 1. The molecule has 2 heterocycles. The normalized spacial score (nSPS) is 22.9. The third kappa shape index (κ3) is 2.85. The van der Waals surface area contributed by atoms with Gasteiger partial charge >= 0.3 is 0 Å². The van der Waals surface area contributed by atoms with Crippen molar-refractivity contribution in [2.75, 3.05) is 6.54 Å². The Balaban J connectivity index is 1.77. The Morgan fingerprint density at radius 1 is 1.24 bits per heavy atom. The topological polar surface area (TPSA) is 38.1 Å². The highest BCUT2D eigenvalue weighted by molar-refractivity contribution is 8.00. The van der Waals surface area contributed by atoms with Crippen LogP contribution >= 0.6 is 11.8 Å². The molecule has 1 amide bonds. The van der Waals surface area contributed by atoms with E-state index in [0.717, 1.165) is 18.1 Å². The van der Waals surface area contributed by atoms with E-state index >= 15 is 0 Å². The number of carbonyl (C=O) groups excluding carboxylic acids is 1. The monoisotopic (exact) mass is 307 g/mol. The maximum Gasteiger partial charge on any atom is 0.236 e. The van der Waals surface area contributed by atoms with Crippen molar-refractivity contribution >= 4 is 17.7 Å². The highest BCUT2D eigenvalue weighted by atomic mass is 32.2. The smallest absolute Gasteiger partial charge is 0.236 e. The van der Waals surface area contributed by atoms with Gasteiger partial charge in [0.25, 0.3) is 0 Å². The number of hydrogen-bond donors (Lipinski definition) is 0. The van der Waals surface area contributed by atoms with Gasteiger partial charge in [-0.15, -0.1) is 0 Å². The van der Waals surface area contributed by atoms with Gasteiger partial charge in [-0.2, -0.15) is 0 Å². The standard InChI is InChI=1S/C16H25N3OS/c1-10(2)13-9-17-16(19(13)11(3)4)21-14-7-8-18(15(14)20)12-5-6-12/h9-12,14H,5-8H2,1-4H3/t14-/m0/s1. The van der Waals surface area contributed by atoms with E-state index in [4.69, 9.17) is 0 Å². The van der Waals surface area contributed by atoms with Crippen LogP contribution in [0.4, 0.5) is 0 Å². The summed E-state index contributed by atoms with van der Waals surface area (Å²) in [7, 11) is 0. The van der Waals surface area contributed by atoms with Crippen LogP contribution in [-0.4, -0.2) is 38.2 Å². The summed E-state index contributed by atoms with van der Waals surface area (Å²) in [4.78, 5) is 19.2. The Morgan fingerprint density at radius 3 is 2.52 bits per heavy atom. The fourth-order valence-electron chi connectivity index (χ4n) is 3.05. The molecular weight excluding hydrogens is 282 g/mol. The molecule has 3 rings (SSSR count). The van der Waals surface area contributed by atoms with Crippen LogP contribution in [0.25, 0.3) is 0 Å². The van der Waals surface area contributed by atoms with Crippen LogP contribution in [0.3, 0.4) is 0 Å². The molecule has 0 spiro atoms. The van der Waals surface area contributed by atoms with Gasteiger partial charge in [0, 0.05) is 30.5 Å². The number of imidazole rings is 1. The summed E-state index contributed by atoms with van der Waals surface area (Å²) in [5.74, 6) is 0.781. The Hall–Kier alpha value is -0.970. The SMILES string of the molecule is CC(C)c1cnc(S[C@H]2CCN(C3CC3)C2=O)n1C(C)C. The molecule has 1 aliphatic heterocycles. The molecule has 0 N–H and O–H groups in total. The van der Waals surface area contributed by atoms with E-state index in [9.17, 15) is 4.79 Å². The third-order valence-corrected chi connectivity index (χ3v) is 5.56. The average molecular weight is 307 g/mol. The lowest BCUT2D eigenvalue weighted by Crippen LogP contribution is -2.30. The van der Waals surface area contributed by atoms with Crippen LogP contribution in [0.2, 0.25) is 0 Å². The fourth-order valence-corrected chi connectivity index (χ4v) is 4.31. The molecule has 1 aliphatic carbocycles. The minimum Gasteiger partial charge on any atom is -0.339 e. The van der Waals surface area contributed by atoms with E-state index in [-0.39, 0.29) is 5.25 Å². The second-order valence-corrected chi connectivity index (χ2v) is 7.91. The zero-order valence-electron chi connectivity index (χ0n) is 13.4.